The minimum atomic E-state index is 0.434. The number of aryl methyl sites for hydroxylation is 1. The number of carbonyl (C=O) groups is 1. The van der Waals surface area contributed by atoms with E-state index in [0.29, 0.717) is 24.2 Å². The van der Waals surface area contributed by atoms with Gasteiger partial charge in [0.05, 0.1) is 9.88 Å². The molecule has 0 radical (unpaired) electrons. The lowest BCUT2D eigenvalue weighted by Crippen LogP contribution is -2.48. The summed E-state index contributed by atoms with van der Waals surface area (Å²) in [7, 11) is 0. The number of hydrogen-bond acceptors (Lipinski definition) is 4. The fourth-order valence-corrected chi connectivity index (χ4v) is 5.61. The molecule has 0 bridgehead atoms. The molecule has 0 unspecified atom stereocenters. The molecule has 0 atom stereocenters. The maximum Gasteiger partial charge on any atom is 0.133 e. The van der Waals surface area contributed by atoms with Gasteiger partial charge < -0.3 is 0 Å². The zero-order valence-electron chi connectivity index (χ0n) is 17.9. The van der Waals surface area contributed by atoms with Gasteiger partial charge in [-0.05, 0) is 43.7 Å². The topological polar surface area (TPSA) is 33.2 Å². The second kappa shape index (κ2) is 9.53. The highest BCUT2D eigenvalue weighted by molar-refractivity contribution is 7.15. The summed E-state index contributed by atoms with van der Waals surface area (Å²) in [6.07, 6.45) is 10.9. The van der Waals surface area contributed by atoms with E-state index in [-0.39, 0.29) is 0 Å². The monoisotopic (exact) mass is 410 g/mol. The average Bonchev–Trinajstić information content (AvgIpc) is 3.36. The molecule has 2 fully saturated rings. The third-order valence-electron chi connectivity index (χ3n) is 6.75. The summed E-state index contributed by atoms with van der Waals surface area (Å²) in [6, 6.07) is 9.38. The van der Waals surface area contributed by atoms with Crippen molar-refractivity contribution in [1.29, 1.82) is 0 Å². The third kappa shape index (κ3) is 5.35. The Kier molecular flexibility index (Phi) is 6.81. The van der Waals surface area contributed by atoms with Crippen molar-refractivity contribution in [2.24, 2.45) is 5.92 Å². The highest BCUT2D eigenvalue weighted by Crippen LogP contribution is 2.35. The lowest BCUT2D eigenvalue weighted by molar-refractivity contribution is -0.119. The highest BCUT2D eigenvalue weighted by atomic mass is 32.1. The van der Waals surface area contributed by atoms with Gasteiger partial charge in [0.15, 0.2) is 0 Å². The first-order chi connectivity index (χ1) is 14.1. The molecule has 1 saturated carbocycles. The minimum absolute atomic E-state index is 0.434. The Balaban J connectivity index is 1.24. The van der Waals surface area contributed by atoms with Crippen molar-refractivity contribution in [3.63, 3.8) is 0 Å². The smallest absolute Gasteiger partial charge is 0.133 e. The molecule has 29 heavy (non-hydrogen) atoms. The van der Waals surface area contributed by atoms with Gasteiger partial charge in [-0.25, -0.2) is 4.98 Å². The van der Waals surface area contributed by atoms with Crippen LogP contribution in [0.3, 0.4) is 0 Å². The zero-order valence-corrected chi connectivity index (χ0v) is 18.7. The number of benzene rings is 1. The van der Waals surface area contributed by atoms with Gasteiger partial charge in [0.1, 0.15) is 5.78 Å². The summed E-state index contributed by atoms with van der Waals surface area (Å²) in [5.74, 6) is 1.85. The maximum absolute atomic E-state index is 12.2. The molecular weight excluding hydrogens is 376 g/mol. The van der Waals surface area contributed by atoms with E-state index in [1.54, 1.807) is 0 Å². The van der Waals surface area contributed by atoms with Gasteiger partial charge in [-0.2, -0.15) is 0 Å². The molecule has 3 nitrogen and oxygen atoms in total. The lowest BCUT2D eigenvalue weighted by atomic mass is 9.97. The molecular formula is C25H34N2OS. The summed E-state index contributed by atoms with van der Waals surface area (Å²) in [6.45, 7) is 6.79. The van der Waals surface area contributed by atoms with E-state index in [0.717, 1.165) is 38.3 Å². The van der Waals surface area contributed by atoms with Gasteiger partial charge in [0, 0.05) is 44.1 Å². The molecule has 4 heteroatoms. The molecule has 156 valence electrons. The van der Waals surface area contributed by atoms with Crippen LogP contribution in [0.1, 0.15) is 75.3 Å². The van der Waals surface area contributed by atoms with E-state index in [4.69, 9.17) is 4.98 Å². The molecule has 0 spiro atoms. The van der Waals surface area contributed by atoms with E-state index >= 15 is 0 Å². The molecule has 1 aromatic heterocycles. The van der Waals surface area contributed by atoms with E-state index < -0.39 is 0 Å². The largest absolute Gasteiger partial charge is 0.300 e. The number of Topliss-reactive ketones (excluding diaryl/α,β-unsaturated/α-hetero) is 1. The number of carbonyl (C=O) groups excluding carboxylic acids is 1. The summed E-state index contributed by atoms with van der Waals surface area (Å²) >= 11 is 1.83. The summed E-state index contributed by atoms with van der Waals surface area (Å²) < 4.78 is 0. The van der Waals surface area contributed by atoms with Crippen molar-refractivity contribution >= 4 is 17.1 Å². The second-order valence-electron chi connectivity index (χ2n) is 9.23. The molecule has 1 saturated heterocycles. The van der Waals surface area contributed by atoms with Crippen LogP contribution in [0.25, 0.3) is 10.4 Å². The van der Waals surface area contributed by atoms with Crippen molar-refractivity contribution in [2.75, 3.05) is 13.1 Å². The lowest BCUT2D eigenvalue weighted by Gasteiger charge is -2.41. The van der Waals surface area contributed by atoms with Gasteiger partial charge in [0.2, 0.25) is 0 Å². The molecule has 1 aromatic carbocycles. The van der Waals surface area contributed by atoms with Crippen molar-refractivity contribution in [2.45, 2.75) is 77.2 Å². The van der Waals surface area contributed by atoms with Gasteiger partial charge in [-0.3, -0.25) is 9.69 Å². The summed E-state index contributed by atoms with van der Waals surface area (Å²) in [5, 5.41) is 1.27. The van der Waals surface area contributed by atoms with Gasteiger partial charge >= 0.3 is 0 Å². The van der Waals surface area contributed by atoms with Crippen LogP contribution < -0.4 is 0 Å². The Hall–Kier alpha value is -1.52. The van der Waals surface area contributed by atoms with E-state index in [1.807, 2.05) is 17.5 Å². The predicted octanol–water partition coefficient (Wildman–Crippen LogP) is 6.09. The highest BCUT2D eigenvalue weighted by Gasteiger charge is 2.31. The fourth-order valence-electron chi connectivity index (χ4n) is 4.61. The molecule has 1 aliphatic heterocycles. The quantitative estimate of drug-likeness (QED) is 0.501. The predicted molar refractivity (Wildman–Crippen MR) is 122 cm³/mol. The minimum Gasteiger partial charge on any atom is -0.300 e. The first-order valence-electron chi connectivity index (χ1n) is 11.4. The van der Waals surface area contributed by atoms with Gasteiger partial charge in [-0.1, -0.05) is 49.9 Å². The number of rotatable bonds is 9. The Labute approximate surface area is 179 Å². The molecule has 4 rings (SSSR count). The summed E-state index contributed by atoms with van der Waals surface area (Å²) in [4.78, 5) is 20.7. The Bertz CT molecular complexity index is 798. The van der Waals surface area contributed by atoms with Crippen LogP contribution in [-0.2, 0) is 11.2 Å². The van der Waals surface area contributed by atoms with Crippen LogP contribution in [0.2, 0.25) is 0 Å². The molecule has 0 N–H and O–H groups in total. The molecule has 1 aliphatic carbocycles. The first-order valence-corrected chi connectivity index (χ1v) is 12.2. The third-order valence-corrected chi connectivity index (χ3v) is 7.96. The number of aromatic nitrogens is 1. The SMILES string of the molecule is CC(C)N1CC(c2ncc(-c3ccc(CCC(=O)CCC4CCCC4)cc3)s2)C1. The van der Waals surface area contributed by atoms with Crippen LogP contribution in [0.5, 0.6) is 0 Å². The van der Waals surface area contributed by atoms with Crippen molar-refractivity contribution < 1.29 is 4.79 Å². The van der Waals surface area contributed by atoms with Crippen LogP contribution in [0, 0.1) is 5.92 Å². The van der Waals surface area contributed by atoms with Crippen LogP contribution in [-0.4, -0.2) is 34.8 Å². The van der Waals surface area contributed by atoms with Crippen LogP contribution in [0.4, 0.5) is 0 Å². The molecule has 2 aromatic rings. The standard InChI is InChI=1S/C25H34N2OS/c1-18(2)27-16-22(17-27)25-26-15-24(29-25)21-11-7-20(8-12-21)10-14-23(28)13-9-19-5-3-4-6-19/h7-8,11-12,15,18-19,22H,3-6,9-10,13-14,16-17H2,1-2H3. The van der Waals surface area contributed by atoms with Crippen LogP contribution >= 0.6 is 11.3 Å². The zero-order chi connectivity index (χ0) is 20.2. The Morgan fingerprint density at radius 3 is 2.55 bits per heavy atom. The molecule has 2 aliphatic rings. The van der Waals surface area contributed by atoms with Crippen LogP contribution in [0.15, 0.2) is 30.5 Å². The Morgan fingerprint density at radius 2 is 1.86 bits per heavy atom. The van der Waals surface area contributed by atoms with Crippen molar-refractivity contribution in [3.05, 3.63) is 41.0 Å². The number of hydrogen-bond donors (Lipinski definition) is 0. The number of nitrogens with zero attached hydrogens (tertiary/aromatic N) is 2. The maximum atomic E-state index is 12.2. The van der Waals surface area contributed by atoms with E-state index in [2.05, 4.69) is 43.0 Å². The van der Waals surface area contributed by atoms with E-state index in [1.165, 1.54) is 46.7 Å². The van der Waals surface area contributed by atoms with Gasteiger partial charge in [-0.15, -0.1) is 11.3 Å². The normalized spacial score (nSPS) is 18.4. The number of ketones is 1. The number of thiazole rings is 1. The Morgan fingerprint density at radius 1 is 1.14 bits per heavy atom. The second-order valence-corrected chi connectivity index (χ2v) is 10.3. The van der Waals surface area contributed by atoms with Crippen molar-refractivity contribution in [1.82, 2.24) is 9.88 Å². The fraction of sp³-hybridized carbons (Fsp3) is 0.600. The average molecular weight is 411 g/mol. The molecule has 2 heterocycles. The first kappa shape index (κ1) is 20.7. The number of likely N-dealkylation sites (tertiary alicyclic amines) is 1. The molecule has 0 amide bonds. The van der Waals surface area contributed by atoms with Gasteiger partial charge in [0.25, 0.3) is 0 Å². The van der Waals surface area contributed by atoms with E-state index in [9.17, 15) is 4.79 Å². The summed E-state index contributed by atoms with van der Waals surface area (Å²) in [5.41, 5.74) is 2.50. The van der Waals surface area contributed by atoms with Crippen molar-refractivity contribution in [3.8, 4) is 10.4 Å².